The van der Waals surface area contributed by atoms with Gasteiger partial charge in [0.1, 0.15) is 0 Å². The SMILES string of the molecule is CC1(C)CCCNC1C(=O)NCC1CC(O)C1. The number of carbonyl (C=O) groups excluding carboxylic acids is 1. The molecule has 1 unspecified atom stereocenters. The normalized spacial score (nSPS) is 36.1. The van der Waals surface area contributed by atoms with E-state index in [9.17, 15) is 9.90 Å². The summed E-state index contributed by atoms with van der Waals surface area (Å²) in [6.45, 7) is 5.95. The van der Waals surface area contributed by atoms with E-state index in [1.54, 1.807) is 0 Å². The third-order valence-electron chi connectivity index (χ3n) is 4.17. The fraction of sp³-hybridized carbons (Fsp3) is 0.923. The van der Waals surface area contributed by atoms with Gasteiger partial charge in [-0.25, -0.2) is 0 Å². The first-order chi connectivity index (χ1) is 7.99. The molecule has 4 nitrogen and oxygen atoms in total. The molecule has 1 heterocycles. The van der Waals surface area contributed by atoms with Gasteiger partial charge in [-0.05, 0) is 43.6 Å². The number of hydrogen-bond acceptors (Lipinski definition) is 3. The van der Waals surface area contributed by atoms with Gasteiger partial charge in [0, 0.05) is 6.54 Å². The lowest BCUT2D eigenvalue weighted by atomic mass is 9.77. The molecule has 1 amide bonds. The van der Waals surface area contributed by atoms with E-state index in [4.69, 9.17) is 0 Å². The molecule has 4 heteroatoms. The molecule has 17 heavy (non-hydrogen) atoms. The summed E-state index contributed by atoms with van der Waals surface area (Å²) in [4.78, 5) is 12.1. The molecule has 0 aromatic heterocycles. The topological polar surface area (TPSA) is 61.4 Å². The van der Waals surface area contributed by atoms with Gasteiger partial charge in [0.2, 0.25) is 5.91 Å². The van der Waals surface area contributed by atoms with Gasteiger partial charge in [0.05, 0.1) is 12.1 Å². The molecule has 3 N–H and O–H groups in total. The summed E-state index contributed by atoms with van der Waals surface area (Å²) in [5.74, 6) is 0.594. The average Bonchev–Trinajstić information content (AvgIpc) is 2.21. The first-order valence-corrected chi connectivity index (χ1v) is 6.68. The standard InChI is InChI=1S/C13H24N2O2/c1-13(2)4-3-5-14-11(13)12(17)15-8-9-6-10(16)7-9/h9-11,14,16H,3-8H2,1-2H3,(H,15,17). The van der Waals surface area contributed by atoms with E-state index >= 15 is 0 Å². The zero-order valence-electron chi connectivity index (χ0n) is 10.8. The molecule has 1 atom stereocenters. The van der Waals surface area contributed by atoms with Crippen molar-refractivity contribution in [2.75, 3.05) is 13.1 Å². The van der Waals surface area contributed by atoms with Crippen LogP contribution in [0.15, 0.2) is 0 Å². The summed E-state index contributed by atoms with van der Waals surface area (Å²) in [6.07, 6.45) is 3.77. The minimum atomic E-state index is -0.138. The zero-order chi connectivity index (χ0) is 12.5. The van der Waals surface area contributed by atoms with Crippen LogP contribution < -0.4 is 10.6 Å². The lowest BCUT2D eigenvalue weighted by molar-refractivity contribution is -0.127. The molecule has 0 radical (unpaired) electrons. The summed E-state index contributed by atoms with van der Waals surface area (Å²) >= 11 is 0. The Labute approximate surface area is 103 Å². The third kappa shape index (κ3) is 2.99. The highest BCUT2D eigenvalue weighted by atomic mass is 16.3. The number of piperidine rings is 1. The van der Waals surface area contributed by atoms with Crippen molar-refractivity contribution in [2.24, 2.45) is 11.3 Å². The van der Waals surface area contributed by atoms with Crippen LogP contribution in [0.3, 0.4) is 0 Å². The van der Waals surface area contributed by atoms with Gasteiger partial charge in [0.15, 0.2) is 0 Å². The fourth-order valence-corrected chi connectivity index (χ4v) is 2.87. The van der Waals surface area contributed by atoms with Crippen molar-refractivity contribution >= 4 is 5.91 Å². The van der Waals surface area contributed by atoms with Gasteiger partial charge in [-0.1, -0.05) is 13.8 Å². The number of nitrogens with one attached hydrogen (secondary N) is 2. The van der Waals surface area contributed by atoms with Crippen LogP contribution in [0.5, 0.6) is 0 Å². The maximum atomic E-state index is 12.1. The molecule has 1 saturated carbocycles. The van der Waals surface area contributed by atoms with E-state index in [-0.39, 0.29) is 23.5 Å². The van der Waals surface area contributed by atoms with Crippen molar-refractivity contribution in [1.82, 2.24) is 10.6 Å². The molecule has 1 aliphatic carbocycles. The second-order valence-electron chi connectivity index (χ2n) is 6.22. The van der Waals surface area contributed by atoms with E-state index in [0.29, 0.717) is 12.5 Å². The summed E-state index contributed by atoms with van der Waals surface area (Å²) in [6, 6.07) is -0.0683. The Morgan fingerprint density at radius 3 is 2.76 bits per heavy atom. The zero-order valence-corrected chi connectivity index (χ0v) is 10.8. The predicted octanol–water partition coefficient (Wildman–Crippen LogP) is 0.652. The van der Waals surface area contributed by atoms with Gasteiger partial charge < -0.3 is 15.7 Å². The summed E-state index contributed by atoms with van der Waals surface area (Å²) in [5, 5.41) is 15.5. The highest BCUT2D eigenvalue weighted by Crippen LogP contribution is 2.30. The second-order valence-corrected chi connectivity index (χ2v) is 6.22. The monoisotopic (exact) mass is 240 g/mol. The minimum absolute atomic E-state index is 0.0431. The van der Waals surface area contributed by atoms with Crippen molar-refractivity contribution < 1.29 is 9.90 Å². The summed E-state index contributed by atoms with van der Waals surface area (Å²) in [5.41, 5.74) is 0.0431. The Morgan fingerprint density at radius 2 is 2.18 bits per heavy atom. The maximum Gasteiger partial charge on any atom is 0.237 e. The smallest absolute Gasteiger partial charge is 0.237 e. The summed E-state index contributed by atoms with van der Waals surface area (Å²) in [7, 11) is 0. The molecule has 98 valence electrons. The van der Waals surface area contributed by atoms with E-state index in [1.165, 1.54) is 0 Å². The molecule has 0 spiro atoms. The van der Waals surface area contributed by atoms with E-state index < -0.39 is 0 Å². The summed E-state index contributed by atoms with van der Waals surface area (Å²) < 4.78 is 0. The predicted molar refractivity (Wildman–Crippen MR) is 66.5 cm³/mol. The van der Waals surface area contributed by atoms with Crippen molar-refractivity contribution in [2.45, 2.75) is 51.7 Å². The highest BCUT2D eigenvalue weighted by Gasteiger charge is 2.37. The van der Waals surface area contributed by atoms with Crippen molar-refractivity contribution in [3.8, 4) is 0 Å². The van der Waals surface area contributed by atoms with Gasteiger partial charge in [-0.15, -0.1) is 0 Å². The Morgan fingerprint density at radius 1 is 1.47 bits per heavy atom. The first-order valence-electron chi connectivity index (χ1n) is 6.68. The molecular weight excluding hydrogens is 216 g/mol. The van der Waals surface area contributed by atoms with Crippen molar-refractivity contribution in [3.05, 3.63) is 0 Å². The third-order valence-corrected chi connectivity index (χ3v) is 4.17. The molecule has 1 saturated heterocycles. The molecule has 0 bridgehead atoms. The Hall–Kier alpha value is -0.610. The Bertz CT molecular complexity index is 285. The van der Waals surface area contributed by atoms with Gasteiger partial charge >= 0.3 is 0 Å². The highest BCUT2D eigenvalue weighted by molar-refractivity contribution is 5.82. The van der Waals surface area contributed by atoms with Crippen LogP contribution in [-0.4, -0.2) is 36.2 Å². The van der Waals surface area contributed by atoms with Crippen LogP contribution >= 0.6 is 0 Å². The molecule has 0 aromatic rings. The fourth-order valence-electron chi connectivity index (χ4n) is 2.87. The lowest BCUT2D eigenvalue weighted by Gasteiger charge is -2.39. The quantitative estimate of drug-likeness (QED) is 0.679. The molecule has 1 aliphatic heterocycles. The number of carbonyl (C=O) groups is 1. The van der Waals surface area contributed by atoms with E-state index in [0.717, 1.165) is 32.2 Å². The molecular formula is C13H24N2O2. The lowest BCUT2D eigenvalue weighted by Crippen LogP contribution is -2.56. The molecule has 0 aromatic carbocycles. The Balaban J connectivity index is 1.78. The van der Waals surface area contributed by atoms with Crippen LogP contribution in [0, 0.1) is 11.3 Å². The first kappa shape index (κ1) is 12.8. The van der Waals surface area contributed by atoms with Crippen LogP contribution in [0.4, 0.5) is 0 Å². The van der Waals surface area contributed by atoms with E-state index in [2.05, 4.69) is 24.5 Å². The number of aliphatic hydroxyl groups excluding tert-OH is 1. The maximum absolute atomic E-state index is 12.1. The van der Waals surface area contributed by atoms with Crippen LogP contribution in [0.25, 0.3) is 0 Å². The molecule has 2 fully saturated rings. The van der Waals surface area contributed by atoms with Crippen LogP contribution in [-0.2, 0) is 4.79 Å². The van der Waals surface area contributed by atoms with Crippen molar-refractivity contribution in [3.63, 3.8) is 0 Å². The van der Waals surface area contributed by atoms with Crippen LogP contribution in [0.1, 0.15) is 39.5 Å². The molecule has 2 aliphatic rings. The van der Waals surface area contributed by atoms with Gasteiger partial charge in [-0.3, -0.25) is 4.79 Å². The number of amides is 1. The molecule has 2 rings (SSSR count). The number of rotatable bonds is 3. The largest absolute Gasteiger partial charge is 0.393 e. The van der Waals surface area contributed by atoms with Crippen LogP contribution in [0.2, 0.25) is 0 Å². The Kier molecular flexibility index (Phi) is 3.73. The van der Waals surface area contributed by atoms with Gasteiger partial charge in [0.25, 0.3) is 0 Å². The number of hydrogen-bond donors (Lipinski definition) is 3. The van der Waals surface area contributed by atoms with Crippen molar-refractivity contribution in [1.29, 1.82) is 0 Å². The van der Waals surface area contributed by atoms with E-state index in [1.807, 2.05) is 0 Å². The minimum Gasteiger partial charge on any atom is -0.393 e. The number of aliphatic hydroxyl groups is 1. The second kappa shape index (κ2) is 4.94. The average molecular weight is 240 g/mol. The van der Waals surface area contributed by atoms with Gasteiger partial charge in [-0.2, -0.15) is 0 Å².